The molecule has 0 aromatic heterocycles. The quantitative estimate of drug-likeness (QED) is 0.621. The largest absolute Gasteiger partial charge is 0.466 e. The topological polar surface area (TPSA) is 62.6 Å². The predicted molar refractivity (Wildman–Crippen MR) is 53.0 cm³/mol. The first-order valence-electron chi connectivity index (χ1n) is 5.15. The SMILES string of the molecule is CCOC(=O)CC(C#N)N1CCOCC1. The zero-order chi connectivity index (χ0) is 11.1. The fourth-order valence-electron chi connectivity index (χ4n) is 1.52. The normalized spacial score (nSPS) is 19.2. The van der Waals surface area contributed by atoms with Crippen LogP contribution in [0.3, 0.4) is 0 Å². The first-order chi connectivity index (χ1) is 7.27. The molecular weight excluding hydrogens is 196 g/mol. The maximum Gasteiger partial charge on any atom is 0.308 e. The maximum absolute atomic E-state index is 11.2. The van der Waals surface area contributed by atoms with Crippen LogP contribution in [-0.2, 0) is 14.3 Å². The minimum absolute atomic E-state index is 0.143. The summed E-state index contributed by atoms with van der Waals surface area (Å²) in [5, 5.41) is 8.96. The van der Waals surface area contributed by atoms with E-state index >= 15 is 0 Å². The summed E-state index contributed by atoms with van der Waals surface area (Å²) in [5.74, 6) is -0.310. The van der Waals surface area contributed by atoms with Crippen molar-refractivity contribution >= 4 is 5.97 Å². The second kappa shape index (κ2) is 6.38. The molecule has 0 aromatic carbocycles. The number of esters is 1. The van der Waals surface area contributed by atoms with Crippen molar-refractivity contribution in [2.45, 2.75) is 19.4 Å². The molecule has 1 atom stereocenters. The molecular formula is C10H16N2O3. The van der Waals surface area contributed by atoms with E-state index in [0.29, 0.717) is 32.9 Å². The third-order valence-electron chi connectivity index (χ3n) is 2.30. The number of hydrogen-bond acceptors (Lipinski definition) is 5. The van der Waals surface area contributed by atoms with Gasteiger partial charge >= 0.3 is 5.97 Å². The molecule has 5 nitrogen and oxygen atoms in total. The van der Waals surface area contributed by atoms with Crippen LogP contribution in [0, 0.1) is 11.3 Å². The number of nitriles is 1. The van der Waals surface area contributed by atoms with Crippen LogP contribution in [-0.4, -0.2) is 49.8 Å². The van der Waals surface area contributed by atoms with Gasteiger partial charge in [-0.2, -0.15) is 5.26 Å². The van der Waals surface area contributed by atoms with Crippen LogP contribution in [0.1, 0.15) is 13.3 Å². The van der Waals surface area contributed by atoms with Crippen LogP contribution in [0.4, 0.5) is 0 Å². The van der Waals surface area contributed by atoms with Crippen molar-refractivity contribution < 1.29 is 14.3 Å². The Hall–Kier alpha value is -1.12. The number of hydrogen-bond donors (Lipinski definition) is 0. The Bertz CT molecular complexity index is 244. The fraction of sp³-hybridized carbons (Fsp3) is 0.800. The summed E-state index contributed by atoms with van der Waals surface area (Å²) in [6.07, 6.45) is 0.143. The van der Waals surface area contributed by atoms with Crippen LogP contribution >= 0.6 is 0 Å². The highest BCUT2D eigenvalue weighted by molar-refractivity contribution is 5.70. The van der Waals surface area contributed by atoms with Gasteiger partial charge in [0.1, 0.15) is 6.04 Å². The Morgan fingerprint density at radius 1 is 1.60 bits per heavy atom. The summed E-state index contributed by atoms with van der Waals surface area (Å²) < 4.78 is 10.00. The average molecular weight is 212 g/mol. The summed E-state index contributed by atoms with van der Waals surface area (Å²) in [6, 6.07) is 1.75. The van der Waals surface area contributed by atoms with E-state index in [1.807, 2.05) is 4.90 Å². The van der Waals surface area contributed by atoms with Gasteiger partial charge in [-0.15, -0.1) is 0 Å². The van der Waals surface area contributed by atoms with Gasteiger partial charge in [0.05, 0.1) is 32.3 Å². The number of morpholine rings is 1. The average Bonchev–Trinajstić information content (AvgIpc) is 2.27. The number of rotatable bonds is 4. The van der Waals surface area contributed by atoms with Crippen LogP contribution in [0.2, 0.25) is 0 Å². The predicted octanol–water partition coefficient (Wildman–Crippen LogP) is 0.164. The maximum atomic E-state index is 11.2. The summed E-state index contributed by atoms with van der Waals surface area (Å²) in [6.45, 7) is 4.78. The Balaban J connectivity index is 2.41. The Kier molecular flexibility index (Phi) is 5.08. The zero-order valence-electron chi connectivity index (χ0n) is 8.94. The molecule has 0 bridgehead atoms. The summed E-state index contributed by atoms with van der Waals surface area (Å²) >= 11 is 0. The number of carbonyl (C=O) groups is 1. The van der Waals surface area contributed by atoms with Crippen LogP contribution in [0.5, 0.6) is 0 Å². The molecule has 0 aromatic rings. The van der Waals surface area contributed by atoms with Gasteiger partial charge in [0.25, 0.3) is 0 Å². The van der Waals surface area contributed by atoms with Crippen molar-refractivity contribution in [3.05, 3.63) is 0 Å². The molecule has 1 aliphatic rings. The lowest BCUT2D eigenvalue weighted by molar-refractivity contribution is -0.144. The van der Waals surface area contributed by atoms with Gasteiger partial charge in [0.15, 0.2) is 0 Å². The van der Waals surface area contributed by atoms with Gasteiger partial charge in [0.2, 0.25) is 0 Å². The minimum atomic E-state index is -0.382. The molecule has 1 aliphatic heterocycles. The zero-order valence-corrected chi connectivity index (χ0v) is 8.94. The molecule has 0 amide bonds. The first-order valence-corrected chi connectivity index (χ1v) is 5.15. The van der Waals surface area contributed by atoms with Crippen molar-refractivity contribution in [2.24, 2.45) is 0 Å². The van der Waals surface area contributed by atoms with E-state index in [2.05, 4.69) is 6.07 Å². The van der Waals surface area contributed by atoms with Gasteiger partial charge in [-0.3, -0.25) is 9.69 Å². The van der Waals surface area contributed by atoms with E-state index < -0.39 is 0 Å². The molecule has 1 unspecified atom stereocenters. The van der Waals surface area contributed by atoms with Crippen LogP contribution in [0.15, 0.2) is 0 Å². The smallest absolute Gasteiger partial charge is 0.308 e. The van der Waals surface area contributed by atoms with E-state index in [4.69, 9.17) is 14.7 Å². The molecule has 1 rings (SSSR count). The highest BCUT2D eigenvalue weighted by atomic mass is 16.5. The lowest BCUT2D eigenvalue weighted by atomic mass is 10.2. The molecule has 1 heterocycles. The van der Waals surface area contributed by atoms with E-state index in [1.165, 1.54) is 0 Å². The molecule has 0 radical (unpaired) electrons. The van der Waals surface area contributed by atoms with Crippen molar-refractivity contribution in [3.8, 4) is 6.07 Å². The summed E-state index contributed by atoms with van der Waals surface area (Å²) in [4.78, 5) is 13.2. The standard InChI is InChI=1S/C10H16N2O3/c1-2-15-10(13)7-9(8-11)12-3-5-14-6-4-12/h9H,2-7H2,1H3. The van der Waals surface area contributed by atoms with Gasteiger partial charge < -0.3 is 9.47 Å². The van der Waals surface area contributed by atoms with Crippen molar-refractivity contribution in [3.63, 3.8) is 0 Å². The van der Waals surface area contributed by atoms with E-state index in [9.17, 15) is 4.79 Å². The van der Waals surface area contributed by atoms with Gasteiger partial charge in [-0.25, -0.2) is 0 Å². The summed E-state index contributed by atoms with van der Waals surface area (Å²) in [7, 11) is 0. The molecule has 0 saturated carbocycles. The highest BCUT2D eigenvalue weighted by Crippen LogP contribution is 2.07. The number of nitrogens with zero attached hydrogens (tertiary/aromatic N) is 2. The minimum Gasteiger partial charge on any atom is -0.466 e. The highest BCUT2D eigenvalue weighted by Gasteiger charge is 2.23. The van der Waals surface area contributed by atoms with Gasteiger partial charge in [0, 0.05) is 13.1 Å². The monoisotopic (exact) mass is 212 g/mol. The number of ether oxygens (including phenoxy) is 2. The number of carbonyl (C=O) groups excluding carboxylic acids is 1. The molecule has 84 valence electrons. The van der Waals surface area contributed by atoms with Crippen molar-refractivity contribution in [2.75, 3.05) is 32.9 Å². The van der Waals surface area contributed by atoms with Crippen molar-refractivity contribution in [1.82, 2.24) is 4.90 Å². The van der Waals surface area contributed by atoms with E-state index in [-0.39, 0.29) is 18.4 Å². The van der Waals surface area contributed by atoms with Crippen LogP contribution < -0.4 is 0 Å². The third kappa shape index (κ3) is 3.86. The third-order valence-corrected chi connectivity index (χ3v) is 2.30. The van der Waals surface area contributed by atoms with E-state index in [0.717, 1.165) is 0 Å². The first kappa shape index (κ1) is 12.0. The Morgan fingerprint density at radius 2 is 2.27 bits per heavy atom. The second-order valence-electron chi connectivity index (χ2n) is 3.30. The van der Waals surface area contributed by atoms with Gasteiger partial charge in [-0.1, -0.05) is 0 Å². The lowest BCUT2D eigenvalue weighted by Gasteiger charge is -2.29. The Morgan fingerprint density at radius 3 is 2.80 bits per heavy atom. The van der Waals surface area contributed by atoms with Crippen molar-refractivity contribution in [1.29, 1.82) is 5.26 Å². The fourth-order valence-corrected chi connectivity index (χ4v) is 1.52. The van der Waals surface area contributed by atoms with E-state index in [1.54, 1.807) is 6.92 Å². The summed E-state index contributed by atoms with van der Waals surface area (Å²) in [5.41, 5.74) is 0. The molecule has 15 heavy (non-hydrogen) atoms. The molecule has 5 heteroatoms. The van der Waals surface area contributed by atoms with Gasteiger partial charge in [-0.05, 0) is 6.92 Å². The molecule has 0 N–H and O–H groups in total. The molecule has 0 aliphatic carbocycles. The second-order valence-corrected chi connectivity index (χ2v) is 3.30. The Labute approximate surface area is 89.6 Å². The lowest BCUT2D eigenvalue weighted by Crippen LogP contribution is -2.43. The molecule has 1 saturated heterocycles. The molecule has 1 fully saturated rings. The van der Waals surface area contributed by atoms with Crippen LogP contribution in [0.25, 0.3) is 0 Å². The molecule has 0 spiro atoms.